The van der Waals surface area contributed by atoms with Crippen molar-refractivity contribution in [2.45, 2.75) is 25.3 Å². The average Bonchev–Trinajstić information content (AvgIpc) is 2.73. The van der Waals surface area contributed by atoms with Crippen LogP contribution in [0.15, 0.2) is 30.3 Å². The summed E-state index contributed by atoms with van der Waals surface area (Å²) in [6, 6.07) is 6.48. The number of carbonyl (C=O) groups is 3. The Balaban J connectivity index is 2.02. The largest absolute Gasteiger partial charge is 0.525 e. The van der Waals surface area contributed by atoms with Crippen LogP contribution in [0.2, 0.25) is 0 Å². The molecule has 1 aliphatic heterocycles. The topological polar surface area (TPSA) is 107 Å². The number of benzene rings is 2. The Morgan fingerprint density at radius 3 is 2.38 bits per heavy atom. The van der Waals surface area contributed by atoms with Crippen LogP contribution in [0, 0.1) is 11.8 Å². The molecule has 0 saturated heterocycles. The molecule has 1 aliphatic rings. The van der Waals surface area contributed by atoms with Crippen molar-refractivity contribution in [2.24, 2.45) is 0 Å². The molecule has 0 unspecified atom stereocenters. The summed E-state index contributed by atoms with van der Waals surface area (Å²) in [4.78, 5) is 36.9. The smallest absolute Gasteiger partial charge is 0.456 e. The Labute approximate surface area is 180 Å². The van der Waals surface area contributed by atoms with Gasteiger partial charge >= 0.3 is 21.6 Å². The van der Waals surface area contributed by atoms with E-state index < -0.39 is 38.5 Å². The minimum atomic E-state index is -6.26. The number of hydrogen-bond acceptors (Lipinski definition) is 7. The maximum absolute atomic E-state index is 12.7. The van der Waals surface area contributed by atoms with Crippen LogP contribution < -0.4 is 0 Å². The molecule has 0 saturated carbocycles. The highest BCUT2D eigenvalue weighted by Gasteiger charge is 2.51. The second-order valence-corrected chi connectivity index (χ2v) is 8.03. The van der Waals surface area contributed by atoms with Gasteiger partial charge in [0.1, 0.15) is 0 Å². The lowest BCUT2D eigenvalue weighted by Gasteiger charge is -2.25. The highest BCUT2D eigenvalue weighted by molar-refractivity contribution is 7.87. The van der Waals surface area contributed by atoms with Gasteiger partial charge < -0.3 is 4.74 Å². The first kappa shape index (κ1) is 23.2. The number of alkyl halides is 3. The molecule has 1 heterocycles. The number of rotatable bonds is 5. The van der Waals surface area contributed by atoms with E-state index >= 15 is 0 Å². The third-order valence-electron chi connectivity index (χ3n) is 4.36. The molecule has 0 aromatic heterocycles. The van der Waals surface area contributed by atoms with Crippen LogP contribution in [0.4, 0.5) is 13.2 Å². The van der Waals surface area contributed by atoms with E-state index in [0.717, 1.165) is 12.5 Å². The summed E-state index contributed by atoms with van der Waals surface area (Å²) in [5.74, 6) is 1.29. The molecule has 32 heavy (non-hydrogen) atoms. The van der Waals surface area contributed by atoms with E-state index in [2.05, 4.69) is 16.1 Å². The number of amides is 2. The number of unbranched alkanes of at least 4 members (excludes halogenated alkanes) is 1. The van der Waals surface area contributed by atoms with Crippen LogP contribution in [0.3, 0.4) is 0 Å². The number of halogens is 3. The summed E-state index contributed by atoms with van der Waals surface area (Å²) in [6.07, 6.45) is 1.49. The third-order valence-corrected chi connectivity index (χ3v) is 5.27. The minimum absolute atomic E-state index is 0.0397. The van der Waals surface area contributed by atoms with Gasteiger partial charge in [-0.1, -0.05) is 31.4 Å². The van der Waals surface area contributed by atoms with Gasteiger partial charge in [0.05, 0.1) is 17.7 Å². The van der Waals surface area contributed by atoms with E-state index in [-0.39, 0.29) is 34.1 Å². The highest BCUT2D eigenvalue weighted by atomic mass is 32.2. The molecule has 0 N–H and O–H groups in total. The minimum Gasteiger partial charge on any atom is -0.456 e. The molecule has 8 nitrogen and oxygen atoms in total. The van der Waals surface area contributed by atoms with Gasteiger partial charge in [-0.15, -0.1) is 9.35 Å². The van der Waals surface area contributed by atoms with Gasteiger partial charge in [-0.2, -0.15) is 21.6 Å². The first-order valence-corrected chi connectivity index (χ1v) is 10.5. The molecule has 0 atom stereocenters. The fourth-order valence-electron chi connectivity index (χ4n) is 2.85. The summed E-state index contributed by atoms with van der Waals surface area (Å²) in [6.45, 7) is 2.12. The van der Waals surface area contributed by atoms with Crippen molar-refractivity contribution in [2.75, 3.05) is 6.61 Å². The average molecular weight is 469 g/mol. The molecule has 0 aliphatic carbocycles. The molecule has 2 aromatic carbocycles. The second-order valence-electron chi connectivity index (χ2n) is 6.51. The lowest BCUT2D eigenvalue weighted by Crippen LogP contribution is -2.44. The van der Waals surface area contributed by atoms with Crippen LogP contribution in [0.5, 0.6) is 0 Å². The van der Waals surface area contributed by atoms with Crippen molar-refractivity contribution >= 4 is 38.7 Å². The molecule has 2 aromatic rings. The lowest BCUT2D eigenvalue weighted by molar-refractivity contribution is -0.136. The van der Waals surface area contributed by atoms with Crippen LogP contribution in [0.1, 0.15) is 46.0 Å². The standard InChI is InChI=1S/C20H14F3NO7S/c1-2-3-11-30-16(25)10-8-12-7-9-15-17-13(12)5-4-6-14(17)18(26)24(19(15)27)31-32(28,29)20(21,22)23/h4-7,9H,2-3,11H2,1H3. The van der Waals surface area contributed by atoms with Crippen LogP contribution >= 0.6 is 0 Å². The number of imide groups is 1. The van der Waals surface area contributed by atoms with E-state index in [0.29, 0.717) is 6.42 Å². The molecule has 0 bridgehead atoms. The van der Waals surface area contributed by atoms with Gasteiger partial charge in [0.25, 0.3) is 11.8 Å². The summed E-state index contributed by atoms with van der Waals surface area (Å²) < 4.78 is 69.3. The quantitative estimate of drug-likeness (QED) is 0.218. The summed E-state index contributed by atoms with van der Waals surface area (Å²) >= 11 is 0. The molecular formula is C20H14F3NO7S. The van der Waals surface area contributed by atoms with Crippen LogP contribution in [0.25, 0.3) is 10.8 Å². The summed E-state index contributed by atoms with van der Waals surface area (Å²) in [7, 11) is -6.26. The lowest BCUT2D eigenvalue weighted by atomic mass is 9.92. The predicted molar refractivity (Wildman–Crippen MR) is 103 cm³/mol. The van der Waals surface area contributed by atoms with Gasteiger partial charge in [0.15, 0.2) is 0 Å². The van der Waals surface area contributed by atoms with E-state index in [1.165, 1.54) is 24.3 Å². The Morgan fingerprint density at radius 1 is 1.09 bits per heavy atom. The van der Waals surface area contributed by atoms with Crippen molar-refractivity contribution in [1.29, 1.82) is 0 Å². The Kier molecular flexibility index (Phi) is 6.25. The molecule has 12 heteroatoms. The summed E-state index contributed by atoms with van der Waals surface area (Å²) in [5.41, 5.74) is -6.14. The Morgan fingerprint density at radius 2 is 1.75 bits per heavy atom. The second kappa shape index (κ2) is 8.60. The van der Waals surface area contributed by atoms with Crippen molar-refractivity contribution in [3.8, 4) is 11.8 Å². The number of nitrogens with zero attached hydrogens (tertiary/aromatic N) is 1. The molecular weight excluding hydrogens is 455 g/mol. The van der Waals surface area contributed by atoms with Crippen molar-refractivity contribution in [3.05, 3.63) is 47.0 Å². The first-order chi connectivity index (χ1) is 15.0. The van der Waals surface area contributed by atoms with Crippen molar-refractivity contribution in [1.82, 2.24) is 5.06 Å². The van der Waals surface area contributed by atoms with Gasteiger partial charge in [0, 0.05) is 16.9 Å². The van der Waals surface area contributed by atoms with Crippen molar-refractivity contribution < 1.29 is 45.0 Å². The SMILES string of the molecule is CCCCOC(=O)C#Cc1ccc2c3c(cccc13)C(=O)N(OS(=O)(=O)C(F)(F)F)C2=O. The molecule has 3 rings (SSSR count). The molecule has 0 fully saturated rings. The molecule has 0 spiro atoms. The third kappa shape index (κ3) is 4.30. The van der Waals surface area contributed by atoms with E-state index in [9.17, 15) is 36.0 Å². The van der Waals surface area contributed by atoms with Gasteiger partial charge in [-0.3, -0.25) is 9.59 Å². The Hall–Kier alpha value is -3.43. The van der Waals surface area contributed by atoms with Gasteiger partial charge in [0.2, 0.25) is 0 Å². The van der Waals surface area contributed by atoms with Crippen molar-refractivity contribution in [3.63, 3.8) is 0 Å². The fourth-order valence-corrected chi connectivity index (χ4v) is 3.27. The molecule has 2 amide bonds. The number of ether oxygens (including phenoxy) is 1. The first-order valence-electron chi connectivity index (χ1n) is 9.12. The van der Waals surface area contributed by atoms with E-state index in [1.807, 2.05) is 6.92 Å². The predicted octanol–water partition coefficient (Wildman–Crippen LogP) is 2.91. The number of hydrogen-bond donors (Lipinski definition) is 0. The van der Waals surface area contributed by atoms with Crippen LogP contribution in [-0.4, -0.2) is 43.4 Å². The van der Waals surface area contributed by atoms with Gasteiger partial charge in [-0.05, 0) is 30.0 Å². The zero-order valence-electron chi connectivity index (χ0n) is 16.4. The number of carbonyl (C=O) groups excluding carboxylic acids is 3. The summed E-state index contributed by atoms with van der Waals surface area (Å²) in [5, 5.41) is -0.150. The monoisotopic (exact) mass is 469 g/mol. The Bertz CT molecular complexity index is 1270. The zero-order chi connectivity index (χ0) is 23.7. The highest BCUT2D eigenvalue weighted by Crippen LogP contribution is 2.34. The zero-order valence-corrected chi connectivity index (χ0v) is 17.2. The normalized spacial score (nSPS) is 13.7. The van der Waals surface area contributed by atoms with Gasteiger partial charge in [-0.25, -0.2) is 4.79 Å². The molecule has 168 valence electrons. The van der Waals surface area contributed by atoms with E-state index in [1.54, 1.807) is 0 Å². The maximum Gasteiger partial charge on any atom is 0.525 e. The van der Waals surface area contributed by atoms with Crippen LogP contribution in [-0.2, 0) is 23.9 Å². The number of esters is 1. The van der Waals surface area contributed by atoms with E-state index in [4.69, 9.17) is 4.74 Å². The molecule has 0 radical (unpaired) electrons. The fraction of sp³-hybridized carbons (Fsp3) is 0.250. The number of hydroxylamine groups is 2. The maximum atomic E-state index is 12.7.